The summed E-state index contributed by atoms with van der Waals surface area (Å²) >= 11 is 0. The Morgan fingerprint density at radius 3 is 2.66 bits per heavy atom. The highest BCUT2D eigenvalue weighted by molar-refractivity contribution is 6.12. The number of benzene rings is 2. The van der Waals surface area contributed by atoms with E-state index in [-0.39, 0.29) is 18.0 Å². The third-order valence-corrected chi connectivity index (χ3v) is 5.03. The molecule has 0 radical (unpaired) electrons. The number of rotatable bonds is 9. The maximum Gasteiger partial charge on any atom is 0.164 e. The van der Waals surface area contributed by atoms with Crippen molar-refractivity contribution in [1.29, 1.82) is 0 Å². The highest BCUT2D eigenvalue weighted by atomic mass is 16.5. The van der Waals surface area contributed by atoms with E-state index in [2.05, 4.69) is 16.5 Å². The van der Waals surface area contributed by atoms with Crippen LogP contribution in [0.2, 0.25) is 0 Å². The van der Waals surface area contributed by atoms with E-state index in [9.17, 15) is 9.59 Å². The molecule has 0 saturated carbocycles. The van der Waals surface area contributed by atoms with Crippen molar-refractivity contribution in [3.63, 3.8) is 0 Å². The Bertz CT molecular complexity index is 1300. The van der Waals surface area contributed by atoms with Crippen LogP contribution < -0.4 is 4.74 Å². The SMILES string of the molecule is C=CC(=O)CC(=O)/C=C(\c1ccc2cc[nH]c2c1)c1ccccc1OCc1ccccn1. The van der Waals surface area contributed by atoms with Crippen molar-refractivity contribution in [3.05, 3.63) is 115 Å². The maximum absolute atomic E-state index is 12.7. The number of hydrogen-bond donors (Lipinski definition) is 1. The second kappa shape index (κ2) is 9.71. The Hall–Kier alpha value is -4.25. The fourth-order valence-electron chi connectivity index (χ4n) is 3.44. The van der Waals surface area contributed by atoms with Crippen LogP contribution in [0.4, 0.5) is 0 Å². The van der Waals surface area contributed by atoms with E-state index >= 15 is 0 Å². The van der Waals surface area contributed by atoms with Crippen molar-refractivity contribution >= 4 is 28.0 Å². The van der Waals surface area contributed by atoms with Gasteiger partial charge in [-0.1, -0.05) is 43.0 Å². The Morgan fingerprint density at radius 1 is 1.00 bits per heavy atom. The maximum atomic E-state index is 12.7. The van der Waals surface area contributed by atoms with Gasteiger partial charge in [-0.25, -0.2) is 0 Å². The molecule has 4 rings (SSSR count). The van der Waals surface area contributed by atoms with Gasteiger partial charge in [-0.3, -0.25) is 14.6 Å². The van der Waals surface area contributed by atoms with Gasteiger partial charge < -0.3 is 9.72 Å². The molecule has 5 heteroatoms. The Labute approximate surface area is 186 Å². The first-order valence-corrected chi connectivity index (χ1v) is 10.2. The minimum Gasteiger partial charge on any atom is -0.487 e. The number of pyridine rings is 1. The zero-order valence-corrected chi connectivity index (χ0v) is 17.5. The monoisotopic (exact) mass is 422 g/mol. The lowest BCUT2D eigenvalue weighted by molar-refractivity contribution is -0.121. The highest BCUT2D eigenvalue weighted by Crippen LogP contribution is 2.33. The van der Waals surface area contributed by atoms with Crippen molar-refractivity contribution in [2.75, 3.05) is 0 Å². The van der Waals surface area contributed by atoms with Gasteiger partial charge in [0.2, 0.25) is 0 Å². The number of ketones is 2. The van der Waals surface area contributed by atoms with Gasteiger partial charge in [-0.05, 0) is 59.0 Å². The number of allylic oxidation sites excluding steroid dienone is 2. The van der Waals surface area contributed by atoms with Crippen LogP contribution in [-0.4, -0.2) is 21.5 Å². The fourth-order valence-corrected chi connectivity index (χ4v) is 3.44. The average molecular weight is 422 g/mol. The number of aromatic amines is 1. The zero-order chi connectivity index (χ0) is 22.3. The molecule has 0 fully saturated rings. The molecule has 0 aliphatic heterocycles. The van der Waals surface area contributed by atoms with E-state index in [0.29, 0.717) is 17.9 Å². The number of H-pyrrole nitrogens is 1. The van der Waals surface area contributed by atoms with Gasteiger partial charge in [-0.15, -0.1) is 0 Å². The third kappa shape index (κ3) is 4.90. The summed E-state index contributed by atoms with van der Waals surface area (Å²) in [6.45, 7) is 3.75. The number of para-hydroxylation sites is 1. The molecule has 2 aromatic carbocycles. The molecule has 0 aliphatic rings. The Balaban J connectivity index is 1.75. The van der Waals surface area contributed by atoms with Gasteiger partial charge in [0.15, 0.2) is 11.6 Å². The van der Waals surface area contributed by atoms with E-state index in [1.54, 1.807) is 6.20 Å². The molecule has 158 valence electrons. The minimum atomic E-state index is -0.315. The lowest BCUT2D eigenvalue weighted by Crippen LogP contribution is -2.05. The van der Waals surface area contributed by atoms with Crippen molar-refractivity contribution in [3.8, 4) is 5.75 Å². The van der Waals surface area contributed by atoms with Gasteiger partial charge in [0.05, 0.1) is 12.1 Å². The van der Waals surface area contributed by atoms with Crippen LogP contribution in [0.3, 0.4) is 0 Å². The van der Waals surface area contributed by atoms with Crippen LogP contribution in [0, 0.1) is 0 Å². The number of carbonyl (C=O) groups is 2. The van der Waals surface area contributed by atoms with Gasteiger partial charge in [0, 0.05) is 23.5 Å². The summed E-state index contributed by atoms with van der Waals surface area (Å²) in [6, 6.07) is 21.1. The number of hydrogen-bond acceptors (Lipinski definition) is 4. The number of nitrogens with zero attached hydrogens (tertiary/aromatic N) is 1. The van der Waals surface area contributed by atoms with Crippen molar-refractivity contribution in [1.82, 2.24) is 9.97 Å². The van der Waals surface area contributed by atoms with E-state index in [1.165, 1.54) is 12.2 Å². The normalized spacial score (nSPS) is 11.3. The smallest absolute Gasteiger partial charge is 0.164 e. The standard InChI is InChI=1S/C27H22N2O3/c1-2-22(30)16-23(31)17-25(20-11-10-19-12-14-29-26(19)15-20)24-8-3-4-9-27(24)32-18-21-7-5-6-13-28-21/h2-15,17,29H,1,16,18H2/b25-17+. The molecule has 1 N–H and O–H groups in total. The molecule has 0 bridgehead atoms. The lowest BCUT2D eigenvalue weighted by atomic mass is 9.94. The van der Waals surface area contributed by atoms with E-state index in [4.69, 9.17) is 4.74 Å². The van der Waals surface area contributed by atoms with Gasteiger partial charge in [0.1, 0.15) is 12.4 Å². The first kappa shape index (κ1) is 21.0. The number of nitrogens with one attached hydrogen (secondary N) is 1. The zero-order valence-electron chi connectivity index (χ0n) is 17.5. The molecule has 0 amide bonds. The summed E-state index contributed by atoms with van der Waals surface area (Å²) in [5.41, 5.74) is 4.03. The molecule has 32 heavy (non-hydrogen) atoms. The minimum absolute atomic E-state index is 0.227. The summed E-state index contributed by atoms with van der Waals surface area (Å²) in [4.78, 5) is 31.9. The third-order valence-electron chi connectivity index (χ3n) is 5.03. The van der Waals surface area contributed by atoms with Crippen molar-refractivity contribution in [2.45, 2.75) is 13.0 Å². The van der Waals surface area contributed by atoms with Gasteiger partial charge in [-0.2, -0.15) is 0 Å². The fraction of sp³-hybridized carbons (Fsp3) is 0.0741. The first-order valence-electron chi connectivity index (χ1n) is 10.2. The molecule has 0 atom stereocenters. The molecule has 2 heterocycles. The molecule has 0 aliphatic carbocycles. The molecule has 5 nitrogen and oxygen atoms in total. The van der Waals surface area contributed by atoms with Crippen LogP contribution in [0.1, 0.15) is 23.2 Å². The summed E-state index contributed by atoms with van der Waals surface area (Å²) in [5.74, 6) is 0.0138. The number of ether oxygens (including phenoxy) is 1. The van der Waals surface area contributed by atoms with E-state index < -0.39 is 0 Å². The topological polar surface area (TPSA) is 72.0 Å². The molecule has 0 spiro atoms. The second-order valence-corrected chi connectivity index (χ2v) is 7.26. The quantitative estimate of drug-likeness (QED) is 0.294. The molecule has 0 unspecified atom stereocenters. The van der Waals surface area contributed by atoms with Crippen LogP contribution in [0.15, 0.2) is 97.9 Å². The van der Waals surface area contributed by atoms with Gasteiger partial charge in [0.25, 0.3) is 0 Å². The molecular formula is C27H22N2O3. The van der Waals surface area contributed by atoms with Crippen molar-refractivity contribution < 1.29 is 14.3 Å². The number of carbonyl (C=O) groups excluding carboxylic acids is 2. The van der Waals surface area contributed by atoms with Crippen molar-refractivity contribution in [2.24, 2.45) is 0 Å². The Morgan fingerprint density at radius 2 is 1.84 bits per heavy atom. The predicted molar refractivity (Wildman–Crippen MR) is 125 cm³/mol. The summed E-state index contributed by atoms with van der Waals surface area (Å²) in [5, 5.41) is 1.07. The van der Waals surface area contributed by atoms with E-state index in [1.807, 2.05) is 72.9 Å². The summed E-state index contributed by atoms with van der Waals surface area (Å²) < 4.78 is 6.08. The summed E-state index contributed by atoms with van der Waals surface area (Å²) in [7, 11) is 0. The van der Waals surface area contributed by atoms with Gasteiger partial charge >= 0.3 is 0 Å². The van der Waals surface area contributed by atoms with Crippen LogP contribution in [0.5, 0.6) is 5.75 Å². The van der Waals surface area contributed by atoms with E-state index in [0.717, 1.165) is 27.7 Å². The average Bonchev–Trinajstić information content (AvgIpc) is 3.30. The predicted octanol–water partition coefficient (Wildman–Crippen LogP) is 5.29. The second-order valence-electron chi connectivity index (χ2n) is 7.26. The molecular weight excluding hydrogens is 400 g/mol. The van der Waals surface area contributed by atoms with Crippen LogP contribution in [-0.2, 0) is 16.2 Å². The number of fused-ring (bicyclic) bond motifs is 1. The highest BCUT2D eigenvalue weighted by Gasteiger charge is 2.15. The Kier molecular flexibility index (Phi) is 6.37. The van der Waals surface area contributed by atoms with Crippen LogP contribution in [0.25, 0.3) is 16.5 Å². The lowest BCUT2D eigenvalue weighted by Gasteiger charge is -2.15. The van der Waals surface area contributed by atoms with Crippen LogP contribution >= 0.6 is 0 Å². The largest absolute Gasteiger partial charge is 0.487 e. The molecule has 0 saturated heterocycles. The molecule has 2 aromatic heterocycles. The number of aromatic nitrogens is 2. The molecule has 4 aromatic rings. The first-order chi connectivity index (χ1) is 15.6. The summed E-state index contributed by atoms with van der Waals surface area (Å²) in [6.07, 6.45) is 6.04.